The molecule has 1 saturated heterocycles. The third kappa shape index (κ3) is 1.91. The zero-order chi connectivity index (χ0) is 12.8. The van der Waals surface area contributed by atoms with Crippen molar-refractivity contribution >= 4 is 21.4 Å². The Kier molecular flexibility index (Phi) is 3.21. The van der Waals surface area contributed by atoms with Crippen molar-refractivity contribution in [3.8, 4) is 0 Å². The first-order valence-electron chi connectivity index (χ1n) is 6.39. The maximum atomic E-state index is 12.6. The van der Waals surface area contributed by atoms with E-state index in [1.807, 2.05) is 5.38 Å². The minimum Gasteiger partial charge on any atom is -0.326 e. The summed E-state index contributed by atoms with van der Waals surface area (Å²) in [7, 11) is -3.32. The van der Waals surface area contributed by atoms with E-state index in [0.717, 1.165) is 4.88 Å². The predicted molar refractivity (Wildman–Crippen MR) is 71.8 cm³/mol. The molecule has 2 N–H and O–H groups in total. The summed E-state index contributed by atoms with van der Waals surface area (Å²) in [5, 5.41) is 1.81. The van der Waals surface area contributed by atoms with Gasteiger partial charge >= 0.3 is 0 Å². The van der Waals surface area contributed by atoms with Crippen LogP contribution in [0.15, 0.2) is 16.3 Å². The molecule has 1 aliphatic carbocycles. The van der Waals surface area contributed by atoms with Crippen LogP contribution >= 0.6 is 11.3 Å². The van der Waals surface area contributed by atoms with Gasteiger partial charge in [-0.2, -0.15) is 4.31 Å². The van der Waals surface area contributed by atoms with Crippen LogP contribution in [0, 0.1) is 11.8 Å². The molecule has 1 aromatic heterocycles. The summed E-state index contributed by atoms with van der Waals surface area (Å²) < 4.78 is 26.8. The Labute approximate surface area is 112 Å². The van der Waals surface area contributed by atoms with E-state index in [1.165, 1.54) is 30.6 Å². The van der Waals surface area contributed by atoms with Crippen molar-refractivity contribution in [3.63, 3.8) is 0 Å². The van der Waals surface area contributed by atoms with Gasteiger partial charge < -0.3 is 5.73 Å². The molecule has 0 radical (unpaired) electrons. The number of nitrogens with zero attached hydrogens (tertiary/aromatic N) is 1. The second kappa shape index (κ2) is 4.59. The Morgan fingerprint density at radius 1 is 1.33 bits per heavy atom. The second-order valence-electron chi connectivity index (χ2n) is 5.19. The van der Waals surface area contributed by atoms with Gasteiger partial charge in [-0.25, -0.2) is 8.42 Å². The van der Waals surface area contributed by atoms with Crippen LogP contribution in [-0.2, 0) is 16.6 Å². The van der Waals surface area contributed by atoms with Crippen molar-refractivity contribution in [3.05, 3.63) is 16.3 Å². The summed E-state index contributed by atoms with van der Waals surface area (Å²) >= 11 is 1.43. The Balaban J connectivity index is 1.88. The fourth-order valence-corrected chi connectivity index (χ4v) is 6.09. The van der Waals surface area contributed by atoms with Gasteiger partial charge in [0.05, 0.1) is 4.90 Å². The number of hydrogen-bond acceptors (Lipinski definition) is 4. The van der Waals surface area contributed by atoms with E-state index >= 15 is 0 Å². The maximum absolute atomic E-state index is 12.6. The molecule has 1 saturated carbocycles. The van der Waals surface area contributed by atoms with E-state index in [-0.39, 0.29) is 0 Å². The topological polar surface area (TPSA) is 63.4 Å². The second-order valence-corrected chi connectivity index (χ2v) is 8.09. The monoisotopic (exact) mass is 286 g/mol. The number of sulfonamides is 1. The van der Waals surface area contributed by atoms with Crippen LogP contribution in [0.4, 0.5) is 0 Å². The number of hydrogen-bond donors (Lipinski definition) is 1. The van der Waals surface area contributed by atoms with Gasteiger partial charge in [0, 0.05) is 24.5 Å². The predicted octanol–water partition coefficient (Wildman–Crippen LogP) is 1.63. The molecule has 1 aliphatic heterocycles. The third-order valence-electron chi connectivity index (χ3n) is 4.20. The van der Waals surface area contributed by atoms with E-state index in [4.69, 9.17) is 5.73 Å². The summed E-state index contributed by atoms with van der Waals surface area (Å²) in [6, 6.07) is 1.69. The SMILES string of the molecule is NCc1sccc1S(=O)(=O)N1CC2CCCC2C1. The van der Waals surface area contributed by atoms with Crippen molar-refractivity contribution in [1.29, 1.82) is 0 Å². The van der Waals surface area contributed by atoms with E-state index in [9.17, 15) is 8.42 Å². The molecule has 0 aromatic carbocycles. The average molecular weight is 286 g/mol. The van der Waals surface area contributed by atoms with Gasteiger partial charge in [0.2, 0.25) is 10.0 Å². The summed E-state index contributed by atoms with van der Waals surface area (Å²) in [5.41, 5.74) is 5.61. The summed E-state index contributed by atoms with van der Waals surface area (Å²) in [4.78, 5) is 1.20. The number of nitrogens with two attached hydrogens (primary N) is 1. The van der Waals surface area contributed by atoms with Crippen LogP contribution in [0.3, 0.4) is 0 Å². The molecule has 0 amide bonds. The van der Waals surface area contributed by atoms with Crippen molar-refractivity contribution in [1.82, 2.24) is 4.31 Å². The molecule has 4 nitrogen and oxygen atoms in total. The minimum absolute atomic E-state index is 0.299. The zero-order valence-electron chi connectivity index (χ0n) is 10.2. The molecular weight excluding hydrogens is 268 g/mol. The fraction of sp³-hybridized carbons (Fsp3) is 0.667. The van der Waals surface area contributed by atoms with Crippen LogP contribution in [0.2, 0.25) is 0 Å². The normalized spacial score (nSPS) is 28.7. The Morgan fingerprint density at radius 2 is 2.00 bits per heavy atom. The van der Waals surface area contributed by atoms with Crippen LogP contribution in [0.5, 0.6) is 0 Å². The third-order valence-corrected chi connectivity index (χ3v) is 7.19. The largest absolute Gasteiger partial charge is 0.326 e. The molecule has 2 fully saturated rings. The number of thiophene rings is 1. The Hall–Kier alpha value is -0.430. The highest BCUT2D eigenvalue weighted by Crippen LogP contribution is 2.40. The van der Waals surface area contributed by atoms with Crippen molar-refractivity contribution in [2.75, 3.05) is 13.1 Å². The van der Waals surface area contributed by atoms with Crippen LogP contribution in [-0.4, -0.2) is 25.8 Å². The fourth-order valence-electron chi connectivity index (χ4n) is 3.23. The van der Waals surface area contributed by atoms with E-state index in [0.29, 0.717) is 36.4 Å². The lowest BCUT2D eigenvalue weighted by Gasteiger charge is -2.17. The molecular formula is C12H18N2O2S2. The molecule has 2 aliphatic rings. The molecule has 3 rings (SSSR count). The van der Waals surface area contributed by atoms with E-state index in [2.05, 4.69) is 0 Å². The van der Waals surface area contributed by atoms with Gasteiger partial charge in [-0.3, -0.25) is 0 Å². The summed E-state index contributed by atoms with van der Waals surface area (Å²) in [6.07, 6.45) is 3.63. The smallest absolute Gasteiger partial charge is 0.244 e. The Bertz CT molecular complexity index is 526. The van der Waals surface area contributed by atoms with Gasteiger partial charge in [-0.05, 0) is 36.1 Å². The highest BCUT2D eigenvalue weighted by molar-refractivity contribution is 7.89. The highest BCUT2D eigenvalue weighted by Gasteiger charge is 2.41. The standard InChI is InChI=1S/C12H18N2O2S2/c13-6-11-12(4-5-17-11)18(15,16)14-7-9-2-1-3-10(9)8-14/h4-5,9-10H,1-3,6-8,13H2. The van der Waals surface area contributed by atoms with Crippen molar-refractivity contribution in [2.45, 2.75) is 30.7 Å². The minimum atomic E-state index is -3.32. The molecule has 0 bridgehead atoms. The molecule has 2 unspecified atom stereocenters. The first-order chi connectivity index (χ1) is 8.63. The maximum Gasteiger partial charge on any atom is 0.244 e. The molecule has 2 heterocycles. The van der Waals surface area contributed by atoms with Gasteiger partial charge in [0.1, 0.15) is 0 Å². The lowest BCUT2D eigenvalue weighted by Crippen LogP contribution is -2.30. The average Bonchev–Trinajstić information content (AvgIpc) is 3.03. The Morgan fingerprint density at radius 3 is 2.61 bits per heavy atom. The van der Waals surface area contributed by atoms with Crippen LogP contribution in [0.1, 0.15) is 24.1 Å². The lowest BCUT2D eigenvalue weighted by molar-refractivity contribution is 0.445. The van der Waals surface area contributed by atoms with Crippen molar-refractivity contribution in [2.24, 2.45) is 17.6 Å². The quantitative estimate of drug-likeness (QED) is 0.918. The van der Waals surface area contributed by atoms with Crippen LogP contribution < -0.4 is 5.73 Å². The molecule has 18 heavy (non-hydrogen) atoms. The highest BCUT2D eigenvalue weighted by atomic mass is 32.2. The first kappa shape index (κ1) is 12.6. The molecule has 2 atom stereocenters. The molecule has 1 aromatic rings. The van der Waals surface area contributed by atoms with Crippen molar-refractivity contribution < 1.29 is 8.42 Å². The van der Waals surface area contributed by atoms with Gasteiger partial charge in [-0.1, -0.05) is 6.42 Å². The van der Waals surface area contributed by atoms with Crippen LogP contribution in [0.25, 0.3) is 0 Å². The summed E-state index contributed by atoms with van der Waals surface area (Å²) in [6.45, 7) is 1.70. The molecule has 0 spiro atoms. The van der Waals surface area contributed by atoms with Gasteiger partial charge in [0.25, 0.3) is 0 Å². The number of rotatable bonds is 3. The van der Waals surface area contributed by atoms with Gasteiger partial charge in [-0.15, -0.1) is 11.3 Å². The molecule has 6 heteroatoms. The summed E-state index contributed by atoms with van der Waals surface area (Å²) in [5.74, 6) is 1.17. The molecule has 100 valence electrons. The van der Waals surface area contributed by atoms with Gasteiger partial charge in [0.15, 0.2) is 0 Å². The van der Waals surface area contributed by atoms with E-state index < -0.39 is 10.0 Å². The number of fused-ring (bicyclic) bond motifs is 1. The zero-order valence-corrected chi connectivity index (χ0v) is 11.8. The first-order valence-corrected chi connectivity index (χ1v) is 8.71. The van der Waals surface area contributed by atoms with E-state index in [1.54, 1.807) is 10.4 Å². The lowest BCUT2D eigenvalue weighted by atomic mass is 10.0.